The van der Waals surface area contributed by atoms with E-state index in [-0.39, 0.29) is 5.91 Å². The molecule has 0 aliphatic carbocycles. The van der Waals surface area contributed by atoms with E-state index < -0.39 is 0 Å². The number of carbonyl (C=O) groups excluding carboxylic acids is 1. The van der Waals surface area contributed by atoms with Gasteiger partial charge in [-0.3, -0.25) is 9.78 Å². The minimum atomic E-state index is -0.225. The molecule has 0 saturated heterocycles. The van der Waals surface area contributed by atoms with Gasteiger partial charge in [0.25, 0.3) is 5.91 Å². The lowest BCUT2D eigenvalue weighted by atomic mass is 10.1. The number of nitrogens with one attached hydrogen (secondary N) is 1. The Kier molecular flexibility index (Phi) is 4.26. The Morgan fingerprint density at radius 1 is 1.12 bits per heavy atom. The van der Waals surface area contributed by atoms with E-state index in [1.54, 1.807) is 12.3 Å². The number of benzene rings is 2. The highest BCUT2D eigenvalue weighted by molar-refractivity contribution is 9.10. The van der Waals surface area contributed by atoms with Crippen LogP contribution in [0.3, 0.4) is 0 Å². The summed E-state index contributed by atoms with van der Waals surface area (Å²) in [5.74, 6) is 0.294. The van der Waals surface area contributed by atoms with E-state index in [2.05, 4.69) is 31.2 Å². The fraction of sp³-hybridized carbons (Fsp3) is 0.0500. The standard InChI is InChI=1S/C20H14BrN3O2/c1-12-6-7-13(20-24-16-4-2-3-5-18(16)26-20)9-17(12)23-19(25)14-8-15(21)11-22-10-14/h2-11H,1H3,(H,23,25). The number of aryl methyl sites for hydroxylation is 1. The molecule has 0 aliphatic heterocycles. The molecule has 0 saturated carbocycles. The van der Waals surface area contributed by atoms with E-state index in [4.69, 9.17) is 4.42 Å². The number of anilines is 1. The zero-order valence-corrected chi connectivity index (χ0v) is 15.4. The molecule has 0 bridgehead atoms. The number of hydrogen-bond donors (Lipinski definition) is 1. The first kappa shape index (κ1) is 16.5. The van der Waals surface area contributed by atoms with Crippen LogP contribution >= 0.6 is 15.9 Å². The number of halogens is 1. The first-order valence-corrected chi connectivity index (χ1v) is 8.78. The first-order valence-electron chi connectivity index (χ1n) is 7.99. The summed E-state index contributed by atoms with van der Waals surface area (Å²) >= 11 is 3.33. The molecule has 2 aromatic carbocycles. The molecule has 1 N–H and O–H groups in total. The van der Waals surface area contributed by atoms with Crippen LogP contribution in [0.25, 0.3) is 22.6 Å². The summed E-state index contributed by atoms with van der Waals surface area (Å²) in [4.78, 5) is 21.0. The highest BCUT2D eigenvalue weighted by Gasteiger charge is 2.12. The zero-order valence-electron chi connectivity index (χ0n) is 13.9. The average molecular weight is 408 g/mol. The van der Waals surface area contributed by atoms with Gasteiger partial charge >= 0.3 is 0 Å². The Balaban J connectivity index is 1.67. The Labute approximate surface area is 158 Å². The Bertz CT molecular complexity index is 1090. The number of para-hydroxylation sites is 2. The Morgan fingerprint density at radius 2 is 1.96 bits per heavy atom. The molecule has 2 heterocycles. The van der Waals surface area contributed by atoms with E-state index in [0.29, 0.717) is 17.1 Å². The molecule has 1 amide bonds. The van der Waals surface area contributed by atoms with Crippen LogP contribution in [-0.4, -0.2) is 15.9 Å². The summed E-state index contributed by atoms with van der Waals surface area (Å²) in [6.45, 7) is 1.94. The summed E-state index contributed by atoms with van der Waals surface area (Å²) in [7, 11) is 0. The largest absolute Gasteiger partial charge is 0.436 e. The zero-order chi connectivity index (χ0) is 18.1. The van der Waals surface area contributed by atoms with Gasteiger partial charge in [0.2, 0.25) is 5.89 Å². The second-order valence-electron chi connectivity index (χ2n) is 5.86. The molecule has 5 nitrogen and oxygen atoms in total. The van der Waals surface area contributed by atoms with Crippen molar-refractivity contribution < 1.29 is 9.21 Å². The number of hydrogen-bond acceptors (Lipinski definition) is 4. The van der Waals surface area contributed by atoms with Crippen molar-refractivity contribution in [1.82, 2.24) is 9.97 Å². The van der Waals surface area contributed by atoms with Gasteiger partial charge in [0.15, 0.2) is 5.58 Å². The number of nitrogens with zero attached hydrogens (tertiary/aromatic N) is 2. The van der Waals surface area contributed by atoms with Gasteiger partial charge in [0, 0.05) is 28.1 Å². The molecule has 4 rings (SSSR count). The van der Waals surface area contributed by atoms with Crippen LogP contribution in [0, 0.1) is 6.92 Å². The minimum Gasteiger partial charge on any atom is -0.436 e. The fourth-order valence-electron chi connectivity index (χ4n) is 2.62. The normalized spacial score (nSPS) is 10.8. The molecule has 0 atom stereocenters. The summed E-state index contributed by atoms with van der Waals surface area (Å²) in [6, 6.07) is 15.1. The first-order chi connectivity index (χ1) is 12.6. The molecular formula is C20H14BrN3O2. The molecule has 26 heavy (non-hydrogen) atoms. The van der Waals surface area contributed by atoms with Gasteiger partial charge in [-0.1, -0.05) is 18.2 Å². The van der Waals surface area contributed by atoms with E-state index >= 15 is 0 Å². The van der Waals surface area contributed by atoms with Gasteiger partial charge in [-0.2, -0.15) is 0 Å². The average Bonchev–Trinajstić information content (AvgIpc) is 3.07. The lowest BCUT2D eigenvalue weighted by Gasteiger charge is -2.09. The van der Waals surface area contributed by atoms with Gasteiger partial charge in [0.05, 0.1) is 5.56 Å². The van der Waals surface area contributed by atoms with E-state index in [9.17, 15) is 4.79 Å². The van der Waals surface area contributed by atoms with Gasteiger partial charge in [0.1, 0.15) is 5.52 Å². The van der Waals surface area contributed by atoms with Crippen LogP contribution < -0.4 is 5.32 Å². The lowest BCUT2D eigenvalue weighted by molar-refractivity contribution is 0.102. The highest BCUT2D eigenvalue weighted by atomic mass is 79.9. The molecule has 4 aromatic rings. The lowest BCUT2D eigenvalue weighted by Crippen LogP contribution is -2.13. The Hall–Kier alpha value is -2.99. The molecule has 0 aliphatic rings. The maximum Gasteiger partial charge on any atom is 0.257 e. The SMILES string of the molecule is Cc1ccc(-c2nc3ccccc3o2)cc1NC(=O)c1cncc(Br)c1. The predicted molar refractivity (Wildman–Crippen MR) is 104 cm³/mol. The van der Waals surface area contributed by atoms with Gasteiger partial charge in [-0.15, -0.1) is 0 Å². The quantitative estimate of drug-likeness (QED) is 0.505. The van der Waals surface area contributed by atoms with Crippen molar-refractivity contribution in [2.24, 2.45) is 0 Å². The topological polar surface area (TPSA) is 68.0 Å². The van der Waals surface area contributed by atoms with Crippen molar-refractivity contribution >= 4 is 38.6 Å². The van der Waals surface area contributed by atoms with Crippen LogP contribution in [0.15, 0.2) is 69.8 Å². The molecule has 128 valence electrons. The summed E-state index contributed by atoms with van der Waals surface area (Å²) in [5.41, 5.74) is 4.46. The number of fused-ring (bicyclic) bond motifs is 1. The number of amides is 1. The third-order valence-corrected chi connectivity index (χ3v) is 4.43. The van der Waals surface area contributed by atoms with Crippen LogP contribution in [0.2, 0.25) is 0 Å². The van der Waals surface area contributed by atoms with Crippen LogP contribution in [-0.2, 0) is 0 Å². The smallest absolute Gasteiger partial charge is 0.257 e. The fourth-order valence-corrected chi connectivity index (χ4v) is 2.98. The second-order valence-corrected chi connectivity index (χ2v) is 6.78. The number of oxazole rings is 1. The molecule has 0 unspecified atom stereocenters. The summed E-state index contributed by atoms with van der Waals surface area (Å²) in [5, 5.41) is 2.93. The van der Waals surface area contributed by atoms with Crippen molar-refractivity contribution in [2.45, 2.75) is 6.92 Å². The number of carbonyl (C=O) groups is 1. The second kappa shape index (κ2) is 6.72. The van der Waals surface area contributed by atoms with Crippen LogP contribution in [0.1, 0.15) is 15.9 Å². The van der Waals surface area contributed by atoms with E-state index in [1.165, 1.54) is 6.20 Å². The number of pyridine rings is 1. The minimum absolute atomic E-state index is 0.225. The van der Waals surface area contributed by atoms with E-state index in [1.807, 2.05) is 49.4 Å². The molecule has 6 heteroatoms. The third-order valence-electron chi connectivity index (χ3n) is 3.99. The van der Waals surface area contributed by atoms with Crippen molar-refractivity contribution in [3.63, 3.8) is 0 Å². The number of rotatable bonds is 3. The van der Waals surface area contributed by atoms with Crippen molar-refractivity contribution in [3.05, 3.63) is 76.5 Å². The molecule has 0 fully saturated rings. The highest BCUT2D eigenvalue weighted by Crippen LogP contribution is 2.28. The van der Waals surface area contributed by atoms with Crippen molar-refractivity contribution in [1.29, 1.82) is 0 Å². The summed E-state index contributed by atoms with van der Waals surface area (Å²) < 4.78 is 6.57. The van der Waals surface area contributed by atoms with E-state index in [0.717, 1.165) is 26.7 Å². The molecular weight excluding hydrogens is 394 g/mol. The molecule has 2 aromatic heterocycles. The maximum absolute atomic E-state index is 12.5. The van der Waals surface area contributed by atoms with Gasteiger partial charge in [-0.05, 0) is 58.7 Å². The monoisotopic (exact) mass is 407 g/mol. The van der Waals surface area contributed by atoms with Crippen LogP contribution in [0.4, 0.5) is 5.69 Å². The molecule has 0 radical (unpaired) electrons. The Morgan fingerprint density at radius 3 is 2.77 bits per heavy atom. The van der Waals surface area contributed by atoms with Crippen LogP contribution in [0.5, 0.6) is 0 Å². The maximum atomic E-state index is 12.5. The van der Waals surface area contributed by atoms with Crippen molar-refractivity contribution in [3.8, 4) is 11.5 Å². The number of aromatic nitrogens is 2. The predicted octanol–water partition coefficient (Wildman–Crippen LogP) is 5.21. The van der Waals surface area contributed by atoms with Gasteiger partial charge in [-0.25, -0.2) is 4.98 Å². The molecule has 0 spiro atoms. The third kappa shape index (κ3) is 3.23. The summed E-state index contributed by atoms with van der Waals surface area (Å²) in [6.07, 6.45) is 3.16. The van der Waals surface area contributed by atoms with Gasteiger partial charge < -0.3 is 9.73 Å². The van der Waals surface area contributed by atoms with Crippen molar-refractivity contribution in [2.75, 3.05) is 5.32 Å².